The van der Waals surface area contributed by atoms with Gasteiger partial charge in [-0.05, 0) is 47.0 Å². The largest absolute Gasteiger partial charge is 0.381 e. The first-order valence-corrected chi connectivity index (χ1v) is 7.34. The average Bonchev–Trinajstić information content (AvgIpc) is 2.75. The van der Waals surface area contributed by atoms with E-state index in [4.69, 9.17) is 4.74 Å². The van der Waals surface area contributed by atoms with Crippen molar-refractivity contribution in [2.75, 3.05) is 54.0 Å². The lowest BCUT2D eigenvalue weighted by molar-refractivity contribution is 0.0195. The van der Waals surface area contributed by atoms with Gasteiger partial charge in [-0.1, -0.05) is 0 Å². The second-order valence-electron chi connectivity index (χ2n) is 6.02. The number of ether oxygens (including phenoxy) is 1. The Kier molecular flexibility index (Phi) is 5.42. The summed E-state index contributed by atoms with van der Waals surface area (Å²) in [5.41, 5.74) is 0. The van der Waals surface area contributed by atoms with Gasteiger partial charge in [0.2, 0.25) is 0 Å². The Morgan fingerprint density at radius 2 is 2.17 bits per heavy atom. The van der Waals surface area contributed by atoms with E-state index in [2.05, 4.69) is 36.3 Å². The number of nitrogens with one attached hydrogen (secondary N) is 1. The molecule has 1 N–H and O–H groups in total. The summed E-state index contributed by atoms with van der Waals surface area (Å²) in [5.74, 6) is 0.639. The topological polar surface area (TPSA) is 27.7 Å². The molecule has 0 aliphatic carbocycles. The molecule has 0 spiro atoms. The number of hydrogen-bond acceptors (Lipinski definition) is 4. The molecule has 0 saturated carbocycles. The molecule has 0 bridgehead atoms. The first-order chi connectivity index (χ1) is 8.70. The molecule has 0 aromatic carbocycles. The quantitative estimate of drug-likeness (QED) is 0.780. The summed E-state index contributed by atoms with van der Waals surface area (Å²) in [6, 6.07) is 1.38. The van der Waals surface area contributed by atoms with Crippen LogP contribution in [-0.4, -0.2) is 75.9 Å². The Labute approximate surface area is 112 Å². The van der Waals surface area contributed by atoms with Crippen molar-refractivity contribution in [2.45, 2.75) is 31.3 Å². The highest BCUT2D eigenvalue weighted by atomic mass is 16.5. The molecule has 2 rings (SSSR count). The number of hydrogen-bond donors (Lipinski definition) is 1. The standard InChI is InChI=1S/C14H29N3O/c1-15-14-6-8-18-11-12(14)9-16(2)10-13-5-4-7-17(13)3/h12-15H,4-11H2,1-3H3. The van der Waals surface area contributed by atoms with Gasteiger partial charge in [-0.25, -0.2) is 0 Å². The zero-order valence-corrected chi connectivity index (χ0v) is 12.2. The molecule has 0 radical (unpaired) electrons. The van der Waals surface area contributed by atoms with Crippen LogP contribution in [0.2, 0.25) is 0 Å². The van der Waals surface area contributed by atoms with Gasteiger partial charge in [0, 0.05) is 37.7 Å². The van der Waals surface area contributed by atoms with Crippen molar-refractivity contribution in [1.29, 1.82) is 0 Å². The van der Waals surface area contributed by atoms with E-state index >= 15 is 0 Å². The van der Waals surface area contributed by atoms with E-state index in [1.54, 1.807) is 0 Å². The summed E-state index contributed by atoms with van der Waals surface area (Å²) < 4.78 is 5.63. The Morgan fingerprint density at radius 3 is 2.83 bits per heavy atom. The molecule has 4 nitrogen and oxygen atoms in total. The zero-order chi connectivity index (χ0) is 13.0. The molecule has 4 heteroatoms. The van der Waals surface area contributed by atoms with Crippen molar-refractivity contribution >= 4 is 0 Å². The van der Waals surface area contributed by atoms with Gasteiger partial charge in [-0.3, -0.25) is 0 Å². The van der Waals surface area contributed by atoms with Crippen LogP contribution < -0.4 is 5.32 Å². The molecule has 0 aromatic heterocycles. The molecule has 0 amide bonds. The van der Waals surface area contributed by atoms with E-state index in [-0.39, 0.29) is 0 Å². The Morgan fingerprint density at radius 1 is 1.33 bits per heavy atom. The highest BCUT2D eigenvalue weighted by Crippen LogP contribution is 2.18. The number of likely N-dealkylation sites (tertiary alicyclic amines) is 1. The third-order valence-electron chi connectivity index (χ3n) is 4.59. The lowest BCUT2D eigenvalue weighted by Gasteiger charge is -2.35. The maximum atomic E-state index is 5.63. The van der Waals surface area contributed by atoms with Crippen LogP contribution in [0.3, 0.4) is 0 Å². The van der Waals surface area contributed by atoms with Crippen molar-refractivity contribution in [3.63, 3.8) is 0 Å². The van der Waals surface area contributed by atoms with Crippen LogP contribution in [0.4, 0.5) is 0 Å². The number of nitrogens with zero attached hydrogens (tertiary/aromatic N) is 2. The van der Waals surface area contributed by atoms with Crippen molar-refractivity contribution in [1.82, 2.24) is 15.1 Å². The van der Waals surface area contributed by atoms with Gasteiger partial charge >= 0.3 is 0 Å². The molecular weight excluding hydrogens is 226 g/mol. The fourth-order valence-corrected chi connectivity index (χ4v) is 3.40. The van der Waals surface area contributed by atoms with E-state index in [0.29, 0.717) is 12.0 Å². The van der Waals surface area contributed by atoms with E-state index in [0.717, 1.165) is 32.2 Å². The summed E-state index contributed by atoms with van der Waals surface area (Å²) >= 11 is 0. The van der Waals surface area contributed by atoms with Crippen LogP contribution in [0, 0.1) is 5.92 Å². The summed E-state index contributed by atoms with van der Waals surface area (Å²) in [5, 5.41) is 3.44. The first-order valence-electron chi connectivity index (χ1n) is 7.34. The van der Waals surface area contributed by atoms with Crippen molar-refractivity contribution in [3.05, 3.63) is 0 Å². The maximum absolute atomic E-state index is 5.63. The smallest absolute Gasteiger partial charge is 0.0521 e. The van der Waals surface area contributed by atoms with Crippen molar-refractivity contribution < 1.29 is 4.74 Å². The van der Waals surface area contributed by atoms with Crippen molar-refractivity contribution in [2.24, 2.45) is 5.92 Å². The maximum Gasteiger partial charge on any atom is 0.0521 e. The molecule has 106 valence electrons. The highest BCUT2D eigenvalue weighted by Gasteiger charge is 2.27. The van der Waals surface area contributed by atoms with Crippen LogP contribution in [0.25, 0.3) is 0 Å². The minimum atomic E-state index is 0.627. The molecule has 3 unspecified atom stereocenters. The molecule has 2 heterocycles. The van der Waals surface area contributed by atoms with E-state index in [1.165, 1.54) is 25.9 Å². The first kappa shape index (κ1) is 14.3. The van der Waals surface area contributed by atoms with Gasteiger partial charge in [-0.15, -0.1) is 0 Å². The lowest BCUT2D eigenvalue weighted by atomic mass is 9.95. The molecule has 2 aliphatic heterocycles. The second kappa shape index (κ2) is 6.85. The molecule has 3 atom stereocenters. The Balaban J connectivity index is 1.76. The van der Waals surface area contributed by atoms with E-state index in [9.17, 15) is 0 Å². The van der Waals surface area contributed by atoms with Gasteiger partial charge in [0.25, 0.3) is 0 Å². The summed E-state index contributed by atoms with van der Waals surface area (Å²) in [6.45, 7) is 5.44. The summed E-state index contributed by atoms with van der Waals surface area (Å²) in [4.78, 5) is 5.00. The van der Waals surface area contributed by atoms with Gasteiger partial charge < -0.3 is 19.9 Å². The predicted octanol–water partition coefficient (Wildman–Crippen LogP) is 0.637. The van der Waals surface area contributed by atoms with Crippen LogP contribution in [-0.2, 0) is 4.74 Å². The number of likely N-dealkylation sites (N-methyl/N-ethyl adjacent to an activating group) is 2. The van der Waals surface area contributed by atoms with Gasteiger partial charge in [0.1, 0.15) is 0 Å². The van der Waals surface area contributed by atoms with E-state index in [1.807, 2.05) is 0 Å². The summed E-state index contributed by atoms with van der Waals surface area (Å²) in [7, 11) is 6.59. The molecule has 2 fully saturated rings. The average molecular weight is 255 g/mol. The third-order valence-corrected chi connectivity index (χ3v) is 4.59. The summed E-state index contributed by atoms with van der Waals surface area (Å²) in [6.07, 6.45) is 3.87. The fraction of sp³-hybridized carbons (Fsp3) is 1.00. The predicted molar refractivity (Wildman–Crippen MR) is 74.9 cm³/mol. The minimum absolute atomic E-state index is 0.627. The zero-order valence-electron chi connectivity index (χ0n) is 12.2. The van der Waals surface area contributed by atoms with Crippen LogP contribution >= 0.6 is 0 Å². The lowest BCUT2D eigenvalue weighted by Crippen LogP contribution is -2.47. The normalized spacial score (nSPS) is 34.3. The van der Waals surface area contributed by atoms with Crippen LogP contribution in [0.15, 0.2) is 0 Å². The third kappa shape index (κ3) is 3.67. The van der Waals surface area contributed by atoms with Crippen molar-refractivity contribution in [3.8, 4) is 0 Å². The minimum Gasteiger partial charge on any atom is -0.381 e. The second-order valence-corrected chi connectivity index (χ2v) is 6.02. The molecule has 0 aromatic rings. The number of rotatable bonds is 5. The van der Waals surface area contributed by atoms with Crippen LogP contribution in [0.1, 0.15) is 19.3 Å². The van der Waals surface area contributed by atoms with Gasteiger partial charge in [0.05, 0.1) is 6.61 Å². The Bertz CT molecular complexity index is 249. The van der Waals surface area contributed by atoms with Crippen LogP contribution in [0.5, 0.6) is 0 Å². The SMILES string of the molecule is CNC1CCOCC1CN(C)CC1CCCN1C. The monoisotopic (exact) mass is 255 g/mol. The van der Waals surface area contributed by atoms with Gasteiger partial charge in [0.15, 0.2) is 0 Å². The molecular formula is C14H29N3O. The highest BCUT2D eigenvalue weighted by molar-refractivity contribution is 4.83. The van der Waals surface area contributed by atoms with E-state index < -0.39 is 0 Å². The molecule has 2 saturated heterocycles. The van der Waals surface area contributed by atoms with Gasteiger partial charge in [-0.2, -0.15) is 0 Å². The fourth-order valence-electron chi connectivity index (χ4n) is 3.40. The molecule has 18 heavy (non-hydrogen) atoms. The molecule has 2 aliphatic rings. The Hall–Kier alpha value is -0.160.